The van der Waals surface area contributed by atoms with Crippen molar-refractivity contribution in [2.75, 3.05) is 7.11 Å². The van der Waals surface area contributed by atoms with Crippen molar-refractivity contribution in [3.63, 3.8) is 0 Å². The third-order valence-corrected chi connectivity index (χ3v) is 3.33. The smallest absolute Gasteiger partial charge is 0.118 e. The summed E-state index contributed by atoms with van der Waals surface area (Å²) in [5, 5.41) is 0.736. The summed E-state index contributed by atoms with van der Waals surface area (Å²) in [6.45, 7) is 2.02. The van der Waals surface area contributed by atoms with E-state index in [0.29, 0.717) is 0 Å². The summed E-state index contributed by atoms with van der Waals surface area (Å²) in [6, 6.07) is 13.9. The number of hydrogen-bond acceptors (Lipinski definition) is 2. The Morgan fingerprint density at radius 2 is 1.84 bits per heavy atom. The third kappa shape index (κ3) is 3.72. The minimum Gasteiger partial charge on any atom is -0.497 e. The van der Waals surface area contributed by atoms with Crippen LogP contribution in [0.25, 0.3) is 0 Å². The van der Waals surface area contributed by atoms with Crippen LogP contribution in [0.5, 0.6) is 5.75 Å². The Morgan fingerprint density at radius 1 is 1.16 bits per heavy atom. The van der Waals surface area contributed by atoms with Crippen LogP contribution in [0.1, 0.15) is 22.7 Å². The van der Waals surface area contributed by atoms with Gasteiger partial charge in [0.2, 0.25) is 0 Å². The van der Waals surface area contributed by atoms with Crippen molar-refractivity contribution in [3.8, 4) is 5.75 Å². The molecule has 0 aliphatic heterocycles. The summed E-state index contributed by atoms with van der Waals surface area (Å²) in [4.78, 5) is 0. The van der Waals surface area contributed by atoms with Crippen molar-refractivity contribution in [1.82, 2.24) is 0 Å². The Balaban J connectivity index is 2.13. The number of methoxy groups -OCH3 is 1. The second kappa shape index (κ2) is 6.09. The van der Waals surface area contributed by atoms with Gasteiger partial charge in [-0.2, -0.15) is 0 Å². The van der Waals surface area contributed by atoms with Crippen LogP contribution >= 0.6 is 11.6 Å². The van der Waals surface area contributed by atoms with Gasteiger partial charge in [-0.25, -0.2) is 0 Å². The van der Waals surface area contributed by atoms with Crippen molar-refractivity contribution in [2.45, 2.75) is 19.4 Å². The molecule has 0 saturated heterocycles. The monoisotopic (exact) mass is 275 g/mol. The highest BCUT2D eigenvalue weighted by Crippen LogP contribution is 2.22. The van der Waals surface area contributed by atoms with Crippen molar-refractivity contribution in [2.24, 2.45) is 5.73 Å². The quantitative estimate of drug-likeness (QED) is 0.918. The van der Waals surface area contributed by atoms with E-state index in [1.165, 1.54) is 5.56 Å². The first-order valence-electron chi connectivity index (χ1n) is 6.24. The molecular formula is C16H18ClNO. The van der Waals surface area contributed by atoms with E-state index in [-0.39, 0.29) is 6.04 Å². The summed E-state index contributed by atoms with van der Waals surface area (Å²) in [5.74, 6) is 0.857. The van der Waals surface area contributed by atoms with Gasteiger partial charge in [-0.15, -0.1) is 0 Å². The van der Waals surface area contributed by atoms with E-state index in [0.717, 1.165) is 28.3 Å². The number of hydrogen-bond donors (Lipinski definition) is 1. The normalized spacial score (nSPS) is 12.2. The number of ether oxygens (including phenoxy) is 1. The van der Waals surface area contributed by atoms with Crippen molar-refractivity contribution < 1.29 is 4.74 Å². The van der Waals surface area contributed by atoms with Crippen LogP contribution in [0.15, 0.2) is 42.5 Å². The first-order chi connectivity index (χ1) is 9.08. The summed E-state index contributed by atoms with van der Waals surface area (Å²) < 4.78 is 5.14. The first kappa shape index (κ1) is 13.9. The number of halogens is 1. The molecule has 3 heteroatoms. The Hall–Kier alpha value is -1.51. The third-order valence-electron chi connectivity index (χ3n) is 3.11. The molecule has 0 radical (unpaired) electrons. The van der Waals surface area contributed by atoms with E-state index in [9.17, 15) is 0 Å². The second-order valence-corrected chi connectivity index (χ2v) is 5.16. The van der Waals surface area contributed by atoms with Gasteiger partial charge in [0, 0.05) is 11.1 Å². The lowest BCUT2D eigenvalue weighted by Gasteiger charge is -2.14. The molecule has 1 unspecified atom stereocenters. The fourth-order valence-electron chi connectivity index (χ4n) is 2.11. The van der Waals surface area contributed by atoms with E-state index in [4.69, 9.17) is 22.1 Å². The molecule has 2 N–H and O–H groups in total. The lowest BCUT2D eigenvalue weighted by atomic mass is 9.98. The van der Waals surface area contributed by atoms with Crippen LogP contribution < -0.4 is 10.5 Å². The Bertz CT molecular complexity index is 531. The highest BCUT2D eigenvalue weighted by atomic mass is 35.5. The maximum absolute atomic E-state index is 6.25. The zero-order chi connectivity index (χ0) is 13.8. The van der Waals surface area contributed by atoms with Gasteiger partial charge in [0.25, 0.3) is 0 Å². The van der Waals surface area contributed by atoms with Crippen LogP contribution in [0.2, 0.25) is 5.02 Å². The predicted molar refractivity (Wildman–Crippen MR) is 79.8 cm³/mol. The van der Waals surface area contributed by atoms with Gasteiger partial charge in [-0.05, 0) is 54.3 Å². The van der Waals surface area contributed by atoms with Gasteiger partial charge in [-0.1, -0.05) is 29.8 Å². The summed E-state index contributed by atoms with van der Waals surface area (Å²) in [5.41, 5.74) is 9.63. The molecule has 0 aliphatic rings. The molecule has 0 bridgehead atoms. The number of aryl methyl sites for hydroxylation is 1. The Kier molecular flexibility index (Phi) is 4.46. The van der Waals surface area contributed by atoms with Crippen molar-refractivity contribution in [3.05, 3.63) is 64.2 Å². The molecule has 0 amide bonds. The molecule has 2 nitrogen and oxygen atoms in total. The number of rotatable bonds is 4. The van der Waals surface area contributed by atoms with Gasteiger partial charge in [0.1, 0.15) is 5.75 Å². The topological polar surface area (TPSA) is 35.2 Å². The van der Waals surface area contributed by atoms with E-state index >= 15 is 0 Å². The molecule has 0 heterocycles. The maximum atomic E-state index is 6.25. The summed E-state index contributed by atoms with van der Waals surface area (Å²) in [7, 11) is 1.66. The Morgan fingerprint density at radius 3 is 2.42 bits per heavy atom. The van der Waals surface area contributed by atoms with Gasteiger partial charge in [-0.3, -0.25) is 0 Å². The summed E-state index contributed by atoms with van der Waals surface area (Å²) in [6.07, 6.45) is 0.782. The van der Waals surface area contributed by atoms with Gasteiger partial charge < -0.3 is 10.5 Å². The molecule has 2 rings (SSSR count). The molecule has 19 heavy (non-hydrogen) atoms. The van der Waals surface area contributed by atoms with Crippen LogP contribution in [0.3, 0.4) is 0 Å². The van der Waals surface area contributed by atoms with Crippen LogP contribution in [-0.2, 0) is 6.42 Å². The molecule has 0 fully saturated rings. The van der Waals surface area contributed by atoms with Crippen LogP contribution in [0, 0.1) is 6.92 Å². The Labute approximate surface area is 119 Å². The van der Waals surface area contributed by atoms with Crippen molar-refractivity contribution >= 4 is 11.6 Å². The highest BCUT2D eigenvalue weighted by Gasteiger charge is 2.08. The fraction of sp³-hybridized carbons (Fsp3) is 0.250. The predicted octanol–water partition coefficient (Wildman–Crippen LogP) is 3.90. The number of benzene rings is 2. The molecule has 0 saturated carbocycles. The zero-order valence-electron chi connectivity index (χ0n) is 11.2. The molecule has 0 spiro atoms. The van der Waals surface area contributed by atoms with E-state index in [1.807, 2.05) is 43.3 Å². The molecule has 100 valence electrons. The minimum absolute atomic E-state index is 0.0502. The lowest BCUT2D eigenvalue weighted by molar-refractivity contribution is 0.414. The number of nitrogens with two attached hydrogens (primary N) is 1. The summed E-state index contributed by atoms with van der Waals surface area (Å²) >= 11 is 6.06. The second-order valence-electron chi connectivity index (χ2n) is 4.72. The van der Waals surface area contributed by atoms with Gasteiger partial charge in [0.15, 0.2) is 0 Å². The molecule has 2 aromatic carbocycles. The zero-order valence-corrected chi connectivity index (χ0v) is 11.9. The van der Waals surface area contributed by atoms with E-state index in [2.05, 4.69) is 6.07 Å². The first-order valence-corrected chi connectivity index (χ1v) is 6.62. The minimum atomic E-state index is -0.0502. The highest BCUT2D eigenvalue weighted by molar-refractivity contribution is 6.30. The van der Waals surface area contributed by atoms with E-state index in [1.54, 1.807) is 7.11 Å². The van der Waals surface area contributed by atoms with Crippen molar-refractivity contribution in [1.29, 1.82) is 0 Å². The molecule has 2 aromatic rings. The largest absolute Gasteiger partial charge is 0.497 e. The molecule has 1 atom stereocenters. The molecule has 0 aliphatic carbocycles. The maximum Gasteiger partial charge on any atom is 0.118 e. The van der Waals surface area contributed by atoms with Crippen LogP contribution in [0.4, 0.5) is 0 Å². The van der Waals surface area contributed by atoms with E-state index < -0.39 is 0 Å². The average molecular weight is 276 g/mol. The van der Waals surface area contributed by atoms with Gasteiger partial charge >= 0.3 is 0 Å². The van der Waals surface area contributed by atoms with Gasteiger partial charge in [0.05, 0.1) is 7.11 Å². The standard InChI is InChI=1S/C16H18ClNO/c1-11-7-13(10-14(17)8-11)16(18)9-12-3-5-15(19-2)6-4-12/h3-8,10,16H,9,18H2,1-2H3. The molecule has 0 aromatic heterocycles. The SMILES string of the molecule is COc1ccc(CC(N)c2cc(C)cc(Cl)c2)cc1. The van der Waals surface area contributed by atoms with Crippen LogP contribution in [-0.4, -0.2) is 7.11 Å². The average Bonchev–Trinajstić information content (AvgIpc) is 2.38. The fourth-order valence-corrected chi connectivity index (χ4v) is 2.41. The molecular weight excluding hydrogens is 258 g/mol. The lowest BCUT2D eigenvalue weighted by Crippen LogP contribution is -2.13.